The van der Waals surface area contributed by atoms with Crippen LogP contribution in [0.4, 0.5) is 11.4 Å². The predicted molar refractivity (Wildman–Crippen MR) is 160 cm³/mol. The van der Waals surface area contributed by atoms with Crippen LogP contribution in [-0.4, -0.2) is 66.4 Å². The molecule has 0 saturated carbocycles. The Morgan fingerprint density at radius 2 is 1.78 bits per heavy atom. The first-order valence-electron chi connectivity index (χ1n) is 14.1. The van der Waals surface area contributed by atoms with Crippen molar-refractivity contribution in [2.24, 2.45) is 10.9 Å². The van der Waals surface area contributed by atoms with Gasteiger partial charge in [-0.3, -0.25) is 4.79 Å². The molecule has 8 nitrogen and oxygen atoms in total. The fraction of sp³-hybridized carbons (Fsp3) is 0.303. The molecule has 2 N–H and O–H groups in total. The number of nitrogens with zero attached hydrogens (tertiary/aromatic N) is 3. The molecular formula is C33H34N4O4. The lowest BCUT2D eigenvalue weighted by Crippen LogP contribution is -2.35. The summed E-state index contributed by atoms with van der Waals surface area (Å²) in [5, 5.41) is 11.8. The van der Waals surface area contributed by atoms with Crippen LogP contribution in [0.2, 0.25) is 0 Å². The molecule has 6 rings (SSSR count). The van der Waals surface area contributed by atoms with Crippen LogP contribution in [0.15, 0.2) is 71.7 Å². The van der Waals surface area contributed by atoms with Gasteiger partial charge in [0.1, 0.15) is 0 Å². The molecule has 4 aromatic rings. The van der Waals surface area contributed by atoms with E-state index in [1.54, 1.807) is 18.2 Å². The maximum absolute atomic E-state index is 13.2. The second-order valence-electron chi connectivity index (χ2n) is 11.0. The van der Waals surface area contributed by atoms with Crippen molar-refractivity contribution in [2.45, 2.75) is 25.7 Å². The Morgan fingerprint density at radius 1 is 1.00 bits per heavy atom. The number of rotatable bonds is 6. The van der Waals surface area contributed by atoms with Crippen molar-refractivity contribution in [3.8, 4) is 5.88 Å². The molecule has 2 aliphatic heterocycles. The lowest BCUT2D eigenvalue weighted by Gasteiger charge is -2.29. The van der Waals surface area contributed by atoms with Crippen LogP contribution in [0, 0.1) is 5.92 Å². The number of carbonyl (C=O) groups is 2. The zero-order chi connectivity index (χ0) is 28.5. The second-order valence-corrected chi connectivity index (χ2v) is 11.0. The largest absolute Gasteiger partial charge is 0.494 e. The Morgan fingerprint density at radius 3 is 2.54 bits per heavy atom. The Hall–Kier alpha value is -4.43. The molecule has 1 amide bonds. The van der Waals surface area contributed by atoms with E-state index in [4.69, 9.17) is 9.73 Å². The van der Waals surface area contributed by atoms with E-state index in [9.17, 15) is 14.7 Å². The third kappa shape index (κ3) is 5.35. The van der Waals surface area contributed by atoms with Crippen LogP contribution >= 0.6 is 0 Å². The minimum Gasteiger partial charge on any atom is -0.494 e. The van der Waals surface area contributed by atoms with E-state index in [1.165, 1.54) is 7.11 Å². The van der Waals surface area contributed by atoms with Gasteiger partial charge in [-0.05, 0) is 81.2 Å². The number of carbonyl (C=O) groups excluding carboxylic acids is 2. The topological polar surface area (TPSA) is 98.2 Å². The van der Waals surface area contributed by atoms with Crippen LogP contribution < -0.4 is 4.90 Å². The zero-order valence-corrected chi connectivity index (χ0v) is 23.4. The van der Waals surface area contributed by atoms with Gasteiger partial charge in [-0.1, -0.05) is 36.4 Å². The van der Waals surface area contributed by atoms with Gasteiger partial charge < -0.3 is 24.6 Å². The number of fused-ring (bicyclic) bond motifs is 2. The Balaban J connectivity index is 1.33. The summed E-state index contributed by atoms with van der Waals surface area (Å²) in [6.07, 6.45) is 3.53. The number of hydrogen-bond acceptors (Lipinski definition) is 6. The SMILES string of the molecule is COC(=O)c1ccc2c(C(=Nc3ccc4c(c3)CCN4C(=O)CC3CCN(C)CC3)c3ccccc3)c(O)[nH]c2c1. The minimum atomic E-state index is -0.448. The number of aliphatic imine (C=N–C) groups is 1. The number of aromatic hydroxyl groups is 1. The molecule has 3 heterocycles. The average molecular weight is 551 g/mol. The fourth-order valence-electron chi connectivity index (χ4n) is 6.00. The third-order valence-electron chi connectivity index (χ3n) is 8.29. The van der Waals surface area contributed by atoms with E-state index in [0.29, 0.717) is 41.2 Å². The van der Waals surface area contributed by atoms with E-state index in [1.807, 2.05) is 53.4 Å². The van der Waals surface area contributed by atoms with Gasteiger partial charge in [0.25, 0.3) is 0 Å². The fourth-order valence-corrected chi connectivity index (χ4v) is 6.00. The first kappa shape index (κ1) is 26.8. The van der Waals surface area contributed by atoms with Crippen molar-refractivity contribution in [1.82, 2.24) is 9.88 Å². The summed E-state index contributed by atoms with van der Waals surface area (Å²) in [7, 11) is 3.48. The van der Waals surface area contributed by atoms with Crippen LogP contribution in [0.1, 0.15) is 46.3 Å². The predicted octanol–water partition coefficient (Wildman–Crippen LogP) is 5.45. The highest BCUT2D eigenvalue weighted by molar-refractivity contribution is 6.22. The Labute approximate surface area is 239 Å². The van der Waals surface area contributed by atoms with Gasteiger partial charge in [0.05, 0.1) is 29.6 Å². The quantitative estimate of drug-likeness (QED) is 0.246. The molecular weight excluding hydrogens is 516 g/mol. The molecule has 1 fully saturated rings. The molecule has 1 aromatic heterocycles. The molecule has 3 aromatic carbocycles. The second kappa shape index (κ2) is 11.2. The molecule has 0 aliphatic carbocycles. The molecule has 0 bridgehead atoms. The lowest BCUT2D eigenvalue weighted by molar-refractivity contribution is -0.119. The summed E-state index contributed by atoms with van der Waals surface area (Å²) >= 11 is 0. The van der Waals surface area contributed by atoms with Crippen LogP contribution in [-0.2, 0) is 16.0 Å². The molecule has 0 spiro atoms. The van der Waals surface area contributed by atoms with Crippen LogP contribution in [0.3, 0.4) is 0 Å². The number of likely N-dealkylation sites (tertiary alicyclic amines) is 1. The van der Waals surface area contributed by atoms with Gasteiger partial charge >= 0.3 is 5.97 Å². The third-order valence-corrected chi connectivity index (χ3v) is 8.29. The highest BCUT2D eigenvalue weighted by Crippen LogP contribution is 2.36. The lowest BCUT2D eigenvalue weighted by atomic mass is 9.93. The molecule has 41 heavy (non-hydrogen) atoms. The summed E-state index contributed by atoms with van der Waals surface area (Å²) in [5.41, 5.74) is 5.81. The number of piperidine rings is 1. The summed E-state index contributed by atoms with van der Waals surface area (Å²) in [6.45, 7) is 2.79. The highest BCUT2D eigenvalue weighted by Gasteiger charge is 2.28. The van der Waals surface area contributed by atoms with Crippen LogP contribution in [0.25, 0.3) is 10.9 Å². The van der Waals surface area contributed by atoms with Crippen molar-refractivity contribution in [3.05, 3.63) is 89.0 Å². The number of aromatic amines is 1. The summed E-state index contributed by atoms with van der Waals surface area (Å²) in [6, 6.07) is 20.8. The summed E-state index contributed by atoms with van der Waals surface area (Å²) < 4.78 is 4.85. The summed E-state index contributed by atoms with van der Waals surface area (Å²) in [5.74, 6) is 0.176. The number of benzene rings is 3. The normalized spacial score (nSPS) is 16.2. The number of aromatic nitrogens is 1. The zero-order valence-electron chi connectivity index (χ0n) is 23.4. The number of anilines is 1. The van der Waals surface area contributed by atoms with Gasteiger partial charge in [-0.25, -0.2) is 9.79 Å². The first-order chi connectivity index (χ1) is 19.9. The van der Waals surface area contributed by atoms with Gasteiger partial charge in [-0.15, -0.1) is 0 Å². The maximum Gasteiger partial charge on any atom is 0.337 e. The smallest absolute Gasteiger partial charge is 0.337 e. The number of amides is 1. The first-order valence-corrected chi connectivity index (χ1v) is 14.1. The number of ether oxygens (including phenoxy) is 1. The number of H-pyrrole nitrogens is 1. The standard InChI is InChI=1S/C33H34N4O4/c1-36-15-12-21(13-16-36)18-29(38)37-17-14-23-19-25(9-11-28(23)37)34-31(22-6-4-3-5-7-22)30-26-10-8-24(33(40)41-2)20-27(26)35-32(30)39/h3-11,19-21,35,39H,12-18H2,1-2H3. The van der Waals surface area contributed by atoms with Crippen molar-refractivity contribution in [1.29, 1.82) is 0 Å². The monoisotopic (exact) mass is 550 g/mol. The van der Waals surface area contributed by atoms with Crippen LogP contribution in [0.5, 0.6) is 5.88 Å². The molecule has 8 heteroatoms. The van der Waals surface area contributed by atoms with Gasteiger partial charge in [0, 0.05) is 35.1 Å². The molecule has 0 radical (unpaired) electrons. The molecule has 0 atom stereocenters. The van der Waals surface area contributed by atoms with Crippen molar-refractivity contribution in [2.75, 3.05) is 38.7 Å². The molecule has 1 saturated heterocycles. The number of nitrogens with one attached hydrogen (secondary N) is 1. The molecule has 210 valence electrons. The Kier molecular flexibility index (Phi) is 7.32. The molecule has 2 aliphatic rings. The van der Waals surface area contributed by atoms with Gasteiger partial charge in [-0.2, -0.15) is 0 Å². The van der Waals surface area contributed by atoms with Crippen molar-refractivity contribution in [3.63, 3.8) is 0 Å². The van der Waals surface area contributed by atoms with E-state index in [-0.39, 0.29) is 11.8 Å². The molecule has 0 unspecified atom stereocenters. The van der Waals surface area contributed by atoms with E-state index < -0.39 is 5.97 Å². The average Bonchev–Trinajstić information content (AvgIpc) is 3.56. The van der Waals surface area contributed by atoms with Gasteiger partial charge in [0.2, 0.25) is 5.91 Å². The highest BCUT2D eigenvalue weighted by atomic mass is 16.5. The van der Waals surface area contributed by atoms with Gasteiger partial charge in [0.15, 0.2) is 5.88 Å². The number of hydrogen-bond donors (Lipinski definition) is 2. The summed E-state index contributed by atoms with van der Waals surface area (Å²) in [4.78, 5) is 37.6. The maximum atomic E-state index is 13.2. The van der Waals surface area contributed by atoms with Crippen molar-refractivity contribution < 1.29 is 19.4 Å². The van der Waals surface area contributed by atoms with Crippen molar-refractivity contribution >= 4 is 39.9 Å². The van der Waals surface area contributed by atoms with E-state index in [2.05, 4.69) is 16.9 Å². The minimum absolute atomic E-state index is 0.0311. The van der Waals surface area contributed by atoms with E-state index in [0.717, 1.165) is 60.2 Å². The number of esters is 1. The Bertz CT molecular complexity index is 1630. The van der Waals surface area contributed by atoms with E-state index >= 15 is 0 Å². The number of methoxy groups -OCH3 is 1.